The van der Waals surface area contributed by atoms with Crippen molar-refractivity contribution in [3.05, 3.63) is 63.6 Å². The van der Waals surface area contributed by atoms with Crippen molar-refractivity contribution in [3.63, 3.8) is 0 Å². The van der Waals surface area contributed by atoms with Gasteiger partial charge < -0.3 is 14.7 Å². The monoisotopic (exact) mass is 574 g/mol. The first-order chi connectivity index (χ1) is 17.9. The van der Waals surface area contributed by atoms with Crippen LogP contribution >= 0.6 is 23.2 Å². The van der Waals surface area contributed by atoms with Crippen LogP contribution in [0.5, 0.6) is 5.75 Å². The number of carboxylic acids is 1. The van der Waals surface area contributed by atoms with Crippen LogP contribution in [0.2, 0.25) is 10.0 Å². The van der Waals surface area contributed by atoms with E-state index in [9.17, 15) is 18.0 Å². The number of likely N-dealkylation sites (tertiary alicyclic amines) is 2. The first-order valence-corrected chi connectivity index (χ1v) is 13.2. The highest BCUT2D eigenvalue weighted by molar-refractivity contribution is 6.42. The molecule has 0 aromatic heterocycles. The molecule has 11 heteroatoms. The summed E-state index contributed by atoms with van der Waals surface area (Å²) >= 11 is 12.1. The normalized spacial score (nSPS) is 17.5. The summed E-state index contributed by atoms with van der Waals surface area (Å²) in [5.74, 6) is -1.70. The van der Waals surface area contributed by atoms with E-state index in [4.69, 9.17) is 37.8 Å². The summed E-state index contributed by atoms with van der Waals surface area (Å²) in [4.78, 5) is 26.3. The molecule has 2 aromatic carbocycles. The second-order valence-corrected chi connectivity index (χ2v) is 10.4. The van der Waals surface area contributed by atoms with Crippen LogP contribution in [0.3, 0.4) is 0 Å². The maximum Gasteiger partial charge on any atom is 0.490 e. The van der Waals surface area contributed by atoms with E-state index in [1.807, 2.05) is 17.9 Å². The Bertz CT molecular complexity index is 1110. The molecular weight excluding hydrogens is 544 g/mol. The van der Waals surface area contributed by atoms with Gasteiger partial charge >= 0.3 is 12.1 Å². The SMILES string of the molecule is CCOc1ccccc1CN1CCC2(CC1)CCN(C(=O)c1ccc(Cl)c(Cl)c1)CC2.O=C(O)C(F)(F)F. The number of amides is 1. The summed E-state index contributed by atoms with van der Waals surface area (Å²) in [6.07, 6.45) is -0.552. The third kappa shape index (κ3) is 8.01. The molecule has 2 fully saturated rings. The number of rotatable bonds is 5. The van der Waals surface area contributed by atoms with Crippen molar-refractivity contribution < 1.29 is 32.6 Å². The highest BCUT2D eigenvalue weighted by Gasteiger charge is 2.39. The van der Waals surface area contributed by atoms with E-state index in [1.54, 1.807) is 18.2 Å². The standard InChI is InChI=1S/C25H30Cl2N2O2.C2HF3O2/c1-2-31-23-6-4-3-5-20(23)18-28-13-9-25(10-14-28)11-15-29(16-12-25)24(30)19-7-8-21(26)22(27)17-19;3-2(4,5)1(6)7/h3-8,17H,2,9-16,18H2,1H3;(H,6,7). The van der Waals surface area contributed by atoms with E-state index < -0.39 is 12.1 Å². The number of aliphatic carboxylic acids is 1. The number of carbonyl (C=O) groups is 2. The van der Waals surface area contributed by atoms with Crippen molar-refractivity contribution in [1.82, 2.24) is 9.80 Å². The number of carbonyl (C=O) groups excluding carboxylic acids is 1. The van der Waals surface area contributed by atoms with Crippen LogP contribution < -0.4 is 4.74 Å². The van der Waals surface area contributed by atoms with Gasteiger partial charge in [-0.3, -0.25) is 9.69 Å². The molecule has 1 spiro atoms. The highest BCUT2D eigenvalue weighted by atomic mass is 35.5. The number of hydrogen-bond acceptors (Lipinski definition) is 4. The van der Waals surface area contributed by atoms with Crippen LogP contribution in [0.15, 0.2) is 42.5 Å². The summed E-state index contributed by atoms with van der Waals surface area (Å²) in [5.41, 5.74) is 2.25. The zero-order valence-corrected chi connectivity index (χ0v) is 22.6. The van der Waals surface area contributed by atoms with Gasteiger partial charge in [0.2, 0.25) is 0 Å². The maximum absolute atomic E-state index is 12.9. The molecule has 0 saturated carbocycles. The predicted molar refractivity (Wildman–Crippen MR) is 140 cm³/mol. The van der Waals surface area contributed by atoms with Crippen LogP contribution in [0.1, 0.15) is 48.5 Å². The number of benzene rings is 2. The van der Waals surface area contributed by atoms with Gasteiger partial charge in [-0.15, -0.1) is 0 Å². The van der Waals surface area contributed by atoms with Crippen LogP contribution in [-0.4, -0.2) is 65.7 Å². The Morgan fingerprint density at radius 2 is 1.55 bits per heavy atom. The lowest BCUT2D eigenvalue weighted by molar-refractivity contribution is -0.192. The van der Waals surface area contributed by atoms with Gasteiger partial charge in [0.1, 0.15) is 5.75 Å². The lowest BCUT2D eigenvalue weighted by atomic mass is 9.71. The Hall–Kier alpha value is -2.49. The summed E-state index contributed by atoms with van der Waals surface area (Å²) in [7, 11) is 0. The molecule has 2 saturated heterocycles. The van der Waals surface area contributed by atoms with Crippen molar-refractivity contribution in [2.45, 2.75) is 45.3 Å². The van der Waals surface area contributed by atoms with Crippen molar-refractivity contribution in [3.8, 4) is 5.75 Å². The number of nitrogens with zero attached hydrogens (tertiary/aromatic N) is 2. The fraction of sp³-hybridized carbons (Fsp3) is 0.481. The molecule has 2 aromatic rings. The molecule has 0 atom stereocenters. The highest BCUT2D eigenvalue weighted by Crippen LogP contribution is 2.42. The molecule has 2 aliphatic rings. The Morgan fingerprint density at radius 3 is 2.11 bits per heavy atom. The van der Waals surface area contributed by atoms with Crippen LogP contribution in [0.25, 0.3) is 0 Å². The first kappa shape index (κ1) is 30.1. The predicted octanol–water partition coefficient (Wildman–Crippen LogP) is 6.54. The van der Waals surface area contributed by atoms with Gasteiger partial charge in [-0.1, -0.05) is 41.4 Å². The second kappa shape index (κ2) is 13.0. The lowest BCUT2D eigenvalue weighted by Crippen LogP contribution is -2.48. The van der Waals surface area contributed by atoms with Crippen molar-refractivity contribution >= 4 is 35.1 Å². The molecule has 0 radical (unpaired) electrons. The number of hydrogen-bond donors (Lipinski definition) is 1. The molecule has 4 rings (SSSR count). The minimum Gasteiger partial charge on any atom is -0.494 e. The molecule has 6 nitrogen and oxygen atoms in total. The number of halogens is 5. The van der Waals surface area contributed by atoms with Gasteiger partial charge in [-0.05, 0) is 75.4 Å². The van der Waals surface area contributed by atoms with Gasteiger partial charge in [-0.2, -0.15) is 13.2 Å². The molecule has 1 amide bonds. The number of ether oxygens (including phenoxy) is 1. The minimum absolute atomic E-state index is 0.0541. The zero-order valence-electron chi connectivity index (χ0n) is 21.1. The lowest BCUT2D eigenvalue weighted by Gasteiger charge is -2.47. The van der Waals surface area contributed by atoms with Crippen LogP contribution in [0, 0.1) is 5.41 Å². The molecule has 0 bridgehead atoms. The Labute approximate surface area is 230 Å². The van der Waals surface area contributed by atoms with E-state index in [2.05, 4.69) is 23.1 Å². The van der Waals surface area contributed by atoms with E-state index in [-0.39, 0.29) is 5.91 Å². The third-order valence-electron chi connectivity index (χ3n) is 7.10. The van der Waals surface area contributed by atoms with Crippen molar-refractivity contribution in [2.75, 3.05) is 32.8 Å². The average molecular weight is 575 g/mol. The number of piperidine rings is 2. The number of carboxylic acid groups (broad SMARTS) is 1. The van der Waals surface area contributed by atoms with Gasteiger partial charge in [0.15, 0.2) is 0 Å². The largest absolute Gasteiger partial charge is 0.494 e. The first-order valence-electron chi connectivity index (χ1n) is 12.4. The molecule has 2 aliphatic heterocycles. The second-order valence-electron chi connectivity index (χ2n) is 9.54. The van der Waals surface area contributed by atoms with Crippen LogP contribution in [-0.2, 0) is 11.3 Å². The fourth-order valence-corrected chi connectivity index (χ4v) is 5.15. The third-order valence-corrected chi connectivity index (χ3v) is 7.84. The van der Waals surface area contributed by atoms with Gasteiger partial charge in [0, 0.05) is 30.8 Å². The van der Waals surface area contributed by atoms with E-state index in [1.165, 1.54) is 18.4 Å². The van der Waals surface area contributed by atoms with Crippen molar-refractivity contribution in [2.24, 2.45) is 5.41 Å². The quantitative estimate of drug-likeness (QED) is 0.439. The van der Waals surface area contributed by atoms with E-state index in [0.717, 1.165) is 51.3 Å². The molecule has 1 N–H and O–H groups in total. The minimum atomic E-state index is -5.08. The van der Waals surface area contributed by atoms with E-state index in [0.29, 0.717) is 27.6 Å². The van der Waals surface area contributed by atoms with Gasteiger partial charge in [0.25, 0.3) is 5.91 Å². The molecule has 208 valence electrons. The Kier molecular flexibility index (Phi) is 10.3. The number of alkyl halides is 3. The molecule has 38 heavy (non-hydrogen) atoms. The Balaban J connectivity index is 0.000000505. The topological polar surface area (TPSA) is 70.1 Å². The summed E-state index contributed by atoms with van der Waals surface area (Å²) in [5, 5.41) is 8.03. The zero-order chi connectivity index (χ0) is 27.9. The average Bonchev–Trinajstić information content (AvgIpc) is 2.88. The number of para-hydroxylation sites is 1. The van der Waals surface area contributed by atoms with Crippen molar-refractivity contribution in [1.29, 1.82) is 0 Å². The molecule has 2 heterocycles. The molecular formula is C27H31Cl2F3N2O4. The Morgan fingerprint density at radius 1 is 0.974 bits per heavy atom. The molecule has 0 unspecified atom stereocenters. The molecule has 0 aliphatic carbocycles. The summed E-state index contributed by atoms with van der Waals surface area (Å²) in [6, 6.07) is 13.5. The summed E-state index contributed by atoms with van der Waals surface area (Å²) in [6.45, 7) is 7.48. The van der Waals surface area contributed by atoms with Gasteiger partial charge in [-0.25, -0.2) is 4.79 Å². The summed E-state index contributed by atoms with van der Waals surface area (Å²) < 4.78 is 37.5. The van der Waals surface area contributed by atoms with Gasteiger partial charge in [0.05, 0.1) is 16.7 Å². The van der Waals surface area contributed by atoms with Crippen LogP contribution in [0.4, 0.5) is 13.2 Å². The fourth-order valence-electron chi connectivity index (χ4n) is 4.85. The smallest absolute Gasteiger partial charge is 0.490 e. The maximum atomic E-state index is 12.9. The van der Waals surface area contributed by atoms with E-state index >= 15 is 0 Å².